The number of amides is 1. The van der Waals surface area contributed by atoms with Crippen LogP contribution in [0.25, 0.3) is 0 Å². The highest BCUT2D eigenvalue weighted by Gasteiger charge is 2.21. The zero-order valence-electron chi connectivity index (χ0n) is 13.5. The summed E-state index contributed by atoms with van der Waals surface area (Å²) in [6.45, 7) is 8.05. The molecule has 0 heterocycles. The molecule has 0 bridgehead atoms. The molecule has 0 fully saturated rings. The molecule has 1 rings (SSSR count). The Kier molecular flexibility index (Phi) is 6.03. The first-order valence-electron chi connectivity index (χ1n) is 7.12. The highest BCUT2D eigenvalue weighted by atomic mass is 16.5. The first kappa shape index (κ1) is 17.3. The van der Waals surface area contributed by atoms with Gasteiger partial charge in [0.2, 0.25) is 0 Å². The number of methoxy groups -OCH3 is 1. The number of benzene rings is 1. The molecule has 0 aliphatic heterocycles. The van der Waals surface area contributed by atoms with E-state index < -0.39 is 6.10 Å². The van der Waals surface area contributed by atoms with Gasteiger partial charge in [-0.15, -0.1) is 0 Å². The van der Waals surface area contributed by atoms with Gasteiger partial charge >= 0.3 is 0 Å². The van der Waals surface area contributed by atoms with Gasteiger partial charge in [0.15, 0.2) is 6.10 Å². The van der Waals surface area contributed by atoms with Crippen LogP contribution >= 0.6 is 0 Å². The van der Waals surface area contributed by atoms with Crippen LogP contribution in [0.5, 0.6) is 11.5 Å². The largest absolute Gasteiger partial charge is 0.497 e. The number of nitrogens with one attached hydrogen (secondary N) is 1. The van der Waals surface area contributed by atoms with Crippen molar-refractivity contribution in [2.24, 2.45) is 5.73 Å². The third-order valence-electron chi connectivity index (χ3n) is 2.86. The van der Waals surface area contributed by atoms with Crippen LogP contribution in [0.3, 0.4) is 0 Å². The second kappa shape index (κ2) is 7.31. The molecular formula is C16H26N2O3. The lowest BCUT2D eigenvalue weighted by Gasteiger charge is -2.24. The number of carbonyl (C=O) groups is 1. The van der Waals surface area contributed by atoms with Crippen LogP contribution in [0.2, 0.25) is 0 Å². The van der Waals surface area contributed by atoms with E-state index in [1.54, 1.807) is 20.1 Å². The fourth-order valence-electron chi connectivity index (χ4n) is 1.85. The lowest BCUT2D eigenvalue weighted by Crippen LogP contribution is -2.46. The van der Waals surface area contributed by atoms with Crippen molar-refractivity contribution < 1.29 is 14.3 Å². The van der Waals surface area contributed by atoms with Crippen molar-refractivity contribution in [1.29, 1.82) is 0 Å². The molecule has 1 atom stereocenters. The first-order valence-corrected chi connectivity index (χ1v) is 7.12. The van der Waals surface area contributed by atoms with E-state index in [-0.39, 0.29) is 11.4 Å². The maximum Gasteiger partial charge on any atom is 0.261 e. The van der Waals surface area contributed by atoms with E-state index in [1.165, 1.54) is 0 Å². The number of carbonyl (C=O) groups excluding carboxylic acids is 1. The molecule has 1 aromatic carbocycles. The van der Waals surface area contributed by atoms with Crippen LogP contribution < -0.4 is 20.5 Å². The van der Waals surface area contributed by atoms with Crippen molar-refractivity contribution in [3.63, 3.8) is 0 Å². The molecule has 21 heavy (non-hydrogen) atoms. The average Bonchev–Trinajstić information content (AvgIpc) is 2.39. The zero-order chi connectivity index (χ0) is 16.0. The molecule has 1 unspecified atom stereocenters. The molecule has 0 radical (unpaired) electrons. The van der Waals surface area contributed by atoms with Crippen molar-refractivity contribution in [2.45, 2.75) is 45.8 Å². The van der Waals surface area contributed by atoms with Crippen LogP contribution in [-0.2, 0) is 11.2 Å². The molecule has 118 valence electrons. The highest BCUT2D eigenvalue weighted by Crippen LogP contribution is 2.26. The number of rotatable bonds is 6. The molecular weight excluding hydrogens is 268 g/mol. The fraction of sp³-hybridized carbons (Fsp3) is 0.562. The maximum absolute atomic E-state index is 12.1. The normalized spacial score (nSPS) is 12.7. The van der Waals surface area contributed by atoms with Crippen molar-refractivity contribution in [3.05, 3.63) is 23.8 Å². The minimum absolute atomic E-state index is 0.149. The molecule has 5 heteroatoms. The van der Waals surface area contributed by atoms with Gasteiger partial charge < -0.3 is 20.5 Å². The van der Waals surface area contributed by atoms with E-state index >= 15 is 0 Å². The summed E-state index contributed by atoms with van der Waals surface area (Å²) in [5.41, 5.74) is 6.29. The SMILES string of the molecule is COc1ccc(CCN)c(OC(C)C(=O)NC(C)(C)C)c1. The van der Waals surface area contributed by atoms with E-state index in [2.05, 4.69) is 5.32 Å². The summed E-state index contributed by atoms with van der Waals surface area (Å²) in [6, 6.07) is 5.55. The molecule has 0 aromatic heterocycles. The van der Waals surface area contributed by atoms with E-state index in [4.69, 9.17) is 15.2 Å². The summed E-state index contributed by atoms with van der Waals surface area (Å²) >= 11 is 0. The quantitative estimate of drug-likeness (QED) is 0.840. The van der Waals surface area contributed by atoms with E-state index in [9.17, 15) is 4.79 Å². The third-order valence-corrected chi connectivity index (χ3v) is 2.86. The van der Waals surface area contributed by atoms with E-state index in [0.29, 0.717) is 24.5 Å². The number of hydrogen-bond acceptors (Lipinski definition) is 4. The predicted molar refractivity (Wildman–Crippen MR) is 83.7 cm³/mol. The monoisotopic (exact) mass is 294 g/mol. The molecule has 0 saturated carbocycles. The summed E-state index contributed by atoms with van der Waals surface area (Å²) in [6.07, 6.45) is 0.0975. The van der Waals surface area contributed by atoms with Gasteiger partial charge in [-0.3, -0.25) is 4.79 Å². The van der Waals surface area contributed by atoms with Gasteiger partial charge in [0.05, 0.1) is 7.11 Å². The molecule has 0 aliphatic rings. The van der Waals surface area contributed by atoms with Gasteiger partial charge in [0, 0.05) is 11.6 Å². The van der Waals surface area contributed by atoms with Gasteiger partial charge in [0.1, 0.15) is 11.5 Å². The lowest BCUT2D eigenvalue weighted by molar-refractivity contribution is -0.128. The second-order valence-electron chi connectivity index (χ2n) is 6.01. The summed E-state index contributed by atoms with van der Waals surface area (Å²) in [4.78, 5) is 12.1. The molecule has 0 spiro atoms. The summed E-state index contributed by atoms with van der Waals surface area (Å²) < 4.78 is 11.0. The number of nitrogens with two attached hydrogens (primary N) is 1. The predicted octanol–water partition coefficient (Wildman–Crippen LogP) is 1.88. The first-order chi connectivity index (χ1) is 9.76. The summed E-state index contributed by atoms with van der Waals surface area (Å²) in [7, 11) is 1.59. The topological polar surface area (TPSA) is 73.6 Å². The van der Waals surface area contributed by atoms with Gasteiger partial charge in [-0.2, -0.15) is 0 Å². The van der Waals surface area contributed by atoms with Crippen LogP contribution in [0, 0.1) is 0 Å². The molecule has 0 saturated heterocycles. The van der Waals surface area contributed by atoms with Gasteiger partial charge in [-0.25, -0.2) is 0 Å². The van der Waals surface area contributed by atoms with Crippen molar-refractivity contribution in [3.8, 4) is 11.5 Å². The highest BCUT2D eigenvalue weighted by molar-refractivity contribution is 5.81. The molecule has 0 aliphatic carbocycles. The Morgan fingerprint density at radius 2 is 2.05 bits per heavy atom. The molecule has 5 nitrogen and oxygen atoms in total. The zero-order valence-corrected chi connectivity index (χ0v) is 13.5. The van der Waals surface area contributed by atoms with E-state index in [1.807, 2.05) is 32.9 Å². The lowest BCUT2D eigenvalue weighted by atomic mass is 10.1. The molecule has 1 aromatic rings. The second-order valence-corrected chi connectivity index (χ2v) is 6.01. The average molecular weight is 294 g/mol. The standard InChI is InChI=1S/C16H26N2O3/c1-11(15(19)18-16(2,3)4)21-14-10-13(20-5)7-6-12(14)8-9-17/h6-7,10-11H,8-9,17H2,1-5H3,(H,18,19). The number of hydrogen-bond donors (Lipinski definition) is 2. The van der Waals surface area contributed by atoms with Gasteiger partial charge in [0.25, 0.3) is 5.91 Å². The van der Waals surface area contributed by atoms with Crippen LogP contribution in [0.15, 0.2) is 18.2 Å². The van der Waals surface area contributed by atoms with Crippen LogP contribution in [0.4, 0.5) is 0 Å². The van der Waals surface area contributed by atoms with E-state index in [0.717, 1.165) is 5.56 Å². The maximum atomic E-state index is 12.1. The van der Waals surface area contributed by atoms with Crippen molar-refractivity contribution in [2.75, 3.05) is 13.7 Å². The van der Waals surface area contributed by atoms with Gasteiger partial charge in [-0.05, 0) is 52.3 Å². The Labute approximate surface area is 126 Å². The Morgan fingerprint density at radius 1 is 1.38 bits per heavy atom. The van der Waals surface area contributed by atoms with Crippen LogP contribution in [0.1, 0.15) is 33.3 Å². The molecule has 1 amide bonds. The third kappa shape index (κ3) is 5.63. The summed E-state index contributed by atoms with van der Waals surface area (Å²) in [5, 5.41) is 2.90. The van der Waals surface area contributed by atoms with Crippen molar-refractivity contribution >= 4 is 5.91 Å². The Morgan fingerprint density at radius 3 is 2.57 bits per heavy atom. The Balaban J connectivity index is 2.86. The fourth-order valence-corrected chi connectivity index (χ4v) is 1.85. The van der Waals surface area contributed by atoms with Crippen LogP contribution in [-0.4, -0.2) is 31.2 Å². The van der Waals surface area contributed by atoms with Crippen molar-refractivity contribution in [1.82, 2.24) is 5.32 Å². The Bertz CT molecular complexity index is 481. The van der Waals surface area contributed by atoms with Gasteiger partial charge in [-0.1, -0.05) is 6.07 Å². The smallest absolute Gasteiger partial charge is 0.261 e. The minimum Gasteiger partial charge on any atom is -0.497 e. The Hall–Kier alpha value is -1.75. The number of ether oxygens (including phenoxy) is 2. The minimum atomic E-state index is -0.590. The summed E-state index contributed by atoms with van der Waals surface area (Å²) in [5.74, 6) is 1.18. The molecule has 3 N–H and O–H groups in total.